The lowest BCUT2D eigenvalue weighted by Gasteiger charge is -2.18. The zero-order chi connectivity index (χ0) is 14.7. The van der Waals surface area contributed by atoms with Crippen LogP contribution in [-0.2, 0) is 7.05 Å². The second kappa shape index (κ2) is 6.06. The van der Waals surface area contributed by atoms with E-state index in [4.69, 9.17) is 0 Å². The van der Waals surface area contributed by atoms with Crippen LogP contribution in [0.4, 0.5) is 0 Å². The molecule has 0 spiro atoms. The minimum atomic E-state index is 0.0963. The molecular weight excluding hydrogens is 260 g/mol. The summed E-state index contributed by atoms with van der Waals surface area (Å²) in [5.74, 6) is 0. The van der Waals surface area contributed by atoms with E-state index >= 15 is 0 Å². The third-order valence-corrected chi connectivity index (χ3v) is 3.61. The van der Waals surface area contributed by atoms with Crippen molar-refractivity contribution in [1.29, 1.82) is 0 Å². The van der Waals surface area contributed by atoms with Crippen LogP contribution in [0.15, 0.2) is 49.1 Å². The van der Waals surface area contributed by atoms with Gasteiger partial charge in [0.15, 0.2) is 0 Å². The number of hydrogen-bond donors (Lipinski definition) is 1. The molecule has 0 saturated carbocycles. The number of pyridine rings is 1. The molecule has 21 heavy (non-hydrogen) atoms. The fourth-order valence-corrected chi connectivity index (χ4v) is 2.62. The summed E-state index contributed by atoms with van der Waals surface area (Å²) in [6.45, 7) is 3.13. The van der Waals surface area contributed by atoms with E-state index in [2.05, 4.69) is 46.6 Å². The monoisotopic (exact) mass is 280 g/mol. The van der Waals surface area contributed by atoms with Gasteiger partial charge in [-0.3, -0.25) is 4.98 Å². The van der Waals surface area contributed by atoms with Gasteiger partial charge >= 0.3 is 0 Å². The normalized spacial score (nSPS) is 12.7. The summed E-state index contributed by atoms with van der Waals surface area (Å²) in [4.78, 5) is 8.98. The molecule has 1 atom stereocenters. The Morgan fingerprint density at radius 1 is 1.19 bits per heavy atom. The molecule has 0 saturated heterocycles. The van der Waals surface area contributed by atoms with Crippen molar-refractivity contribution in [3.8, 4) is 0 Å². The van der Waals surface area contributed by atoms with E-state index in [1.807, 2.05) is 36.3 Å². The Labute approximate surface area is 124 Å². The summed E-state index contributed by atoms with van der Waals surface area (Å²) in [6.07, 6.45) is 6.84. The summed E-state index contributed by atoms with van der Waals surface area (Å²) in [7, 11) is 2.00. The number of aryl methyl sites for hydroxylation is 1. The van der Waals surface area contributed by atoms with Crippen LogP contribution in [0.1, 0.15) is 30.6 Å². The van der Waals surface area contributed by atoms with Crippen molar-refractivity contribution in [2.75, 3.05) is 6.54 Å². The molecule has 0 fully saturated rings. The standard InChI is InChI=1S/C17H20N4/c1-3-9-19-17(16-11-21(2)12-20-16)14-6-4-8-15-13(14)7-5-10-18-15/h4-8,10-12,17,19H,3,9H2,1-2H3. The molecule has 0 radical (unpaired) electrons. The van der Waals surface area contributed by atoms with Gasteiger partial charge in [0.1, 0.15) is 0 Å². The van der Waals surface area contributed by atoms with Crippen LogP contribution in [0.25, 0.3) is 10.9 Å². The summed E-state index contributed by atoms with van der Waals surface area (Å²) in [6, 6.07) is 10.5. The van der Waals surface area contributed by atoms with Crippen molar-refractivity contribution >= 4 is 10.9 Å². The molecule has 2 aromatic heterocycles. The molecule has 3 aromatic rings. The highest BCUT2D eigenvalue weighted by atomic mass is 15.0. The van der Waals surface area contributed by atoms with Gasteiger partial charge in [0.2, 0.25) is 0 Å². The number of nitrogens with zero attached hydrogens (tertiary/aromatic N) is 3. The van der Waals surface area contributed by atoms with E-state index in [9.17, 15) is 0 Å². The first kappa shape index (κ1) is 13.8. The molecule has 0 aliphatic heterocycles. The van der Waals surface area contributed by atoms with Gasteiger partial charge in [-0.2, -0.15) is 0 Å². The van der Waals surface area contributed by atoms with Gasteiger partial charge in [0.05, 0.1) is 23.6 Å². The number of benzene rings is 1. The predicted octanol–water partition coefficient (Wildman–Crippen LogP) is 3.06. The molecule has 1 unspecified atom stereocenters. The lowest BCUT2D eigenvalue weighted by Crippen LogP contribution is -2.23. The van der Waals surface area contributed by atoms with Crippen molar-refractivity contribution in [1.82, 2.24) is 19.9 Å². The third kappa shape index (κ3) is 2.81. The lowest BCUT2D eigenvalue weighted by molar-refractivity contribution is 0.591. The molecule has 1 aromatic carbocycles. The lowest BCUT2D eigenvalue weighted by atomic mass is 9.99. The van der Waals surface area contributed by atoms with Crippen LogP contribution in [0.3, 0.4) is 0 Å². The Morgan fingerprint density at radius 3 is 2.86 bits per heavy atom. The Bertz CT molecular complexity index is 727. The van der Waals surface area contributed by atoms with E-state index in [-0.39, 0.29) is 6.04 Å². The number of nitrogens with one attached hydrogen (secondary N) is 1. The van der Waals surface area contributed by atoms with E-state index in [1.165, 1.54) is 10.9 Å². The van der Waals surface area contributed by atoms with Crippen LogP contribution >= 0.6 is 0 Å². The van der Waals surface area contributed by atoms with Crippen LogP contribution in [-0.4, -0.2) is 21.1 Å². The van der Waals surface area contributed by atoms with Gasteiger partial charge in [0.25, 0.3) is 0 Å². The minimum absolute atomic E-state index is 0.0963. The molecule has 4 nitrogen and oxygen atoms in total. The summed E-state index contributed by atoms with van der Waals surface area (Å²) in [5, 5.41) is 4.78. The molecule has 4 heteroatoms. The SMILES string of the molecule is CCCNC(c1cn(C)cn1)c1cccc2ncccc12. The summed E-state index contributed by atoms with van der Waals surface area (Å²) in [5.41, 5.74) is 3.30. The van der Waals surface area contributed by atoms with Gasteiger partial charge in [-0.25, -0.2) is 4.98 Å². The first-order chi connectivity index (χ1) is 10.3. The number of aromatic nitrogens is 3. The summed E-state index contributed by atoms with van der Waals surface area (Å²) < 4.78 is 1.99. The van der Waals surface area contributed by atoms with E-state index in [0.717, 1.165) is 24.2 Å². The van der Waals surface area contributed by atoms with Crippen LogP contribution in [0, 0.1) is 0 Å². The third-order valence-electron chi connectivity index (χ3n) is 3.61. The molecule has 0 aliphatic carbocycles. The highest BCUT2D eigenvalue weighted by molar-refractivity contribution is 5.82. The van der Waals surface area contributed by atoms with Crippen molar-refractivity contribution in [2.24, 2.45) is 7.05 Å². The quantitative estimate of drug-likeness (QED) is 0.781. The van der Waals surface area contributed by atoms with Gasteiger partial charge in [-0.05, 0) is 30.7 Å². The van der Waals surface area contributed by atoms with E-state index in [0.29, 0.717) is 0 Å². The Morgan fingerprint density at radius 2 is 2.10 bits per heavy atom. The molecule has 0 aliphatic rings. The van der Waals surface area contributed by atoms with E-state index in [1.54, 1.807) is 0 Å². The average molecular weight is 280 g/mol. The fourth-order valence-electron chi connectivity index (χ4n) is 2.62. The maximum atomic E-state index is 4.53. The minimum Gasteiger partial charge on any atom is -0.340 e. The van der Waals surface area contributed by atoms with Crippen molar-refractivity contribution < 1.29 is 0 Å². The fraction of sp³-hybridized carbons (Fsp3) is 0.294. The van der Waals surface area contributed by atoms with Gasteiger partial charge < -0.3 is 9.88 Å². The molecule has 108 valence electrons. The van der Waals surface area contributed by atoms with E-state index < -0.39 is 0 Å². The maximum absolute atomic E-state index is 4.53. The number of rotatable bonds is 5. The van der Waals surface area contributed by atoms with Gasteiger partial charge in [0, 0.05) is 24.8 Å². The van der Waals surface area contributed by atoms with Gasteiger partial charge in [-0.1, -0.05) is 25.1 Å². The Balaban J connectivity index is 2.09. The molecule has 0 amide bonds. The predicted molar refractivity (Wildman–Crippen MR) is 85.1 cm³/mol. The zero-order valence-electron chi connectivity index (χ0n) is 12.5. The topological polar surface area (TPSA) is 42.7 Å². The highest BCUT2D eigenvalue weighted by Gasteiger charge is 2.18. The second-order valence-electron chi connectivity index (χ2n) is 5.27. The van der Waals surface area contributed by atoms with Crippen molar-refractivity contribution in [3.05, 3.63) is 60.3 Å². The Hall–Kier alpha value is -2.20. The molecular formula is C17H20N4. The largest absolute Gasteiger partial charge is 0.340 e. The number of fused-ring (bicyclic) bond motifs is 1. The first-order valence-electron chi connectivity index (χ1n) is 7.34. The maximum Gasteiger partial charge on any atom is 0.0947 e. The van der Waals surface area contributed by atoms with Crippen LogP contribution < -0.4 is 5.32 Å². The molecule has 1 N–H and O–H groups in total. The Kier molecular flexibility index (Phi) is 3.97. The van der Waals surface area contributed by atoms with Gasteiger partial charge in [-0.15, -0.1) is 0 Å². The summed E-state index contributed by atoms with van der Waals surface area (Å²) >= 11 is 0. The van der Waals surface area contributed by atoms with Crippen molar-refractivity contribution in [3.63, 3.8) is 0 Å². The molecule has 0 bridgehead atoms. The number of imidazole rings is 1. The average Bonchev–Trinajstić information content (AvgIpc) is 2.94. The molecule has 2 heterocycles. The highest BCUT2D eigenvalue weighted by Crippen LogP contribution is 2.27. The van der Waals surface area contributed by atoms with Crippen molar-refractivity contribution in [2.45, 2.75) is 19.4 Å². The second-order valence-corrected chi connectivity index (χ2v) is 5.27. The van der Waals surface area contributed by atoms with Crippen LogP contribution in [0.5, 0.6) is 0 Å². The first-order valence-corrected chi connectivity index (χ1v) is 7.34. The van der Waals surface area contributed by atoms with Crippen LogP contribution in [0.2, 0.25) is 0 Å². The number of hydrogen-bond acceptors (Lipinski definition) is 3. The zero-order valence-corrected chi connectivity index (χ0v) is 12.5. The smallest absolute Gasteiger partial charge is 0.0947 e. The molecule has 3 rings (SSSR count).